The van der Waals surface area contributed by atoms with E-state index in [1.165, 1.54) is 18.3 Å². The lowest BCUT2D eigenvalue weighted by molar-refractivity contribution is -0.385. The molecular formula is C14H16FN3O3. The molecule has 0 unspecified atom stereocenters. The summed E-state index contributed by atoms with van der Waals surface area (Å²) in [6.07, 6.45) is 2.99. The molecule has 1 N–H and O–H groups in total. The van der Waals surface area contributed by atoms with Gasteiger partial charge in [0.25, 0.3) is 5.69 Å². The van der Waals surface area contributed by atoms with E-state index in [-0.39, 0.29) is 5.69 Å². The van der Waals surface area contributed by atoms with Crippen LogP contribution in [0.2, 0.25) is 0 Å². The van der Waals surface area contributed by atoms with Crippen molar-refractivity contribution in [1.29, 1.82) is 0 Å². The molecule has 0 bridgehead atoms. The van der Waals surface area contributed by atoms with Gasteiger partial charge in [-0.25, -0.2) is 9.37 Å². The number of aryl methyl sites for hydroxylation is 1. The van der Waals surface area contributed by atoms with Crippen LogP contribution in [0.15, 0.2) is 28.8 Å². The molecule has 0 saturated carbocycles. The summed E-state index contributed by atoms with van der Waals surface area (Å²) in [7, 11) is 0. The van der Waals surface area contributed by atoms with Gasteiger partial charge in [0.15, 0.2) is 11.7 Å². The van der Waals surface area contributed by atoms with Gasteiger partial charge in [-0.2, -0.15) is 0 Å². The third kappa shape index (κ3) is 4.09. The zero-order chi connectivity index (χ0) is 15.2. The van der Waals surface area contributed by atoms with E-state index in [0.29, 0.717) is 23.6 Å². The molecule has 1 heterocycles. The Labute approximate surface area is 121 Å². The van der Waals surface area contributed by atoms with E-state index in [1.807, 2.05) is 6.92 Å². The molecule has 0 amide bonds. The first-order valence-corrected chi connectivity index (χ1v) is 6.71. The number of benzene rings is 1. The van der Waals surface area contributed by atoms with E-state index < -0.39 is 10.7 Å². The SMILES string of the molecule is CCNCCCc1ncc(-c2cc(F)cc([N+](=O)[O-])c2)o1. The van der Waals surface area contributed by atoms with Gasteiger partial charge in [0.05, 0.1) is 17.2 Å². The van der Waals surface area contributed by atoms with Crippen LogP contribution >= 0.6 is 0 Å². The minimum atomic E-state index is -0.677. The number of hydrogen-bond donors (Lipinski definition) is 1. The summed E-state index contributed by atoms with van der Waals surface area (Å²) in [6.45, 7) is 3.80. The molecule has 0 aliphatic rings. The fraction of sp³-hybridized carbons (Fsp3) is 0.357. The fourth-order valence-electron chi connectivity index (χ4n) is 1.92. The van der Waals surface area contributed by atoms with Gasteiger partial charge in [0.2, 0.25) is 0 Å². The molecule has 112 valence electrons. The van der Waals surface area contributed by atoms with Crippen LogP contribution in [0.5, 0.6) is 0 Å². The topological polar surface area (TPSA) is 81.2 Å². The van der Waals surface area contributed by atoms with Crippen LogP contribution in [0.25, 0.3) is 11.3 Å². The second kappa shape index (κ2) is 6.94. The highest BCUT2D eigenvalue weighted by Gasteiger charge is 2.14. The predicted octanol–water partition coefficient (Wildman–Crippen LogP) is 2.93. The molecule has 2 rings (SSSR count). The molecule has 7 heteroatoms. The van der Waals surface area contributed by atoms with Gasteiger partial charge in [0, 0.05) is 18.1 Å². The first kappa shape index (κ1) is 15.1. The van der Waals surface area contributed by atoms with Crippen molar-refractivity contribution in [2.75, 3.05) is 13.1 Å². The van der Waals surface area contributed by atoms with Crippen molar-refractivity contribution in [3.8, 4) is 11.3 Å². The first-order chi connectivity index (χ1) is 10.1. The Morgan fingerprint density at radius 1 is 1.43 bits per heavy atom. The van der Waals surface area contributed by atoms with Crippen molar-refractivity contribution >= 4 is 5.69 Å². The normalized spacial score (nSPS) is 10.8. The second-order valence-electron chi connectivity index (χ2n) is 4.53. The third-order valence-electron chi connectivity index (χ3n) is 2.93. The van der Waals surface area contributed by atoms with Gasteiger partial charge in [-0.15, -0.1) is 0 Å². The molecule has 0 aliphatic carbocycles. The standard InChI is InChI=1S/C14H16FN3O3/c1-2-16-5-3-4-14-17-9-13(21-14)10-6-11(15)8-12(7-10)18(19)20/h6-9,16H,2-5H2,1H3. The number of nitrogens with zero attached hydrogens (tertiary/aromatic N) is 2. The maximum Gasteiger partial charge on any atom is 0.273 e. The van der Waals surface area contributed by atoms with Gasteiger partial charge in [-0.1, -0.05) is 6.92 Å². The number of aromatic nitrogens is 1. The van der Waals surface area contributed by atoms with Crippen molar-refractivity contribution in [2.45, 2.75) is 19.8 Å². The minimum Gasteiger partial charge on any atom is -0.441 e. The molecular weight excluding hydrogens is 277 g/mol. The monoisotopic (exact) mass is 293 g/mol. The highest BCUT2D eigenvalue weighted by molar-refractivity contribution is 5.60. The molecule has 2 aromatic rings. The molecule has 0 spiro atoms. The Morgan fingerprint density at radius 3 is 2.95 bits per heavy atom. The quantitative estimate of drug-likeness (QED) is 0.482. The molecule has 1 aromatic heterocycles. The number of hydrogen-bond acceptors (Lipinski definition) is 5. The number of nitrogens with one attached hydrogen (secondary N) is 1. The van der Waals surface area contributed by atoms with Crippen LogP contribution in [-0.2, 0) is 6.42 Å². The molecule has 0 radical (unpaired) electrons. The lowest BCUT2D eigenvalue weighted by Crippen LogP contribution is -2.14. The first-order valence-electron chi connectivity index (χ1n) is 6.71. The molecule has 0 aliphatic heterocycles. The van der Waals surface area contributed by atoms with Crippen molar-refractivity contribution in [3.05, 3.63) is 46.2 Å². The third-order valence-corrected chi connectivity index (χ3v) is 2.93. The zero-order valence-electron chi connectivity index (χ0n) is 11.6. The molecule has 0 fully saturated rings. The van der Waals surface area contributed by atoms with Crippen molar-refractivity contribution in [2.24, 2.45) is 0 Å². The summed E-state index contributed by atoms with van der Waals surface area (Å²) in [5, 5.41) is 13.9. The number of nitro groups is 1. The average molecular weight is 293 g/mol. The van der Waals surface area contributed by atoms with Gasteiger partial charge in [-0.3, -0.25) is 10.1 Å². The summed E-state index contributed by atoms with van der Waals surface area (Å²) in [6, 6.07) is 3.33. The van der Waals surface area contributed by atoms with E-state index in [9.17, 15) is 14.5 Å². The van der Waals surface area contributed by atoms with Crippen LogP contribution in [0.1, 0.15) is 19.2 Å². The van der Waals surface area contributed by atoms with Gasteiger partial charge < -0.3 is 9.73 Å². The molecule has 6 nitrogen and oxygen atoms in total. The summed E-state index contributed by atoms with van der Waals surface area (Å²) < 4.78 is 18.9. The van der Waals surface area contributed by atoms with Crippen molar-refractivity contribution in [3.63, 3.8) is 0 Å². The molecule has 0 saturated heterocycles. The highest BCUT2D eigenvalue weighted by Crippen LogP contribution is 2.26. The summed E-state index contributed by atoms with van der Waals surface area (Å²) in [5.74, 6) is 0.190. The minimum absolute atomic E-state index is 0.310. The Balaban J connectivity index is 2.12. The van der Waals surface area contributed by atoms with E-state index in [2.05, 4.69) is 10.3 Å². The molecule has 21 heavy (non-hydrogen) atoms. The van der Waals surface area contributed by atoms with Gasteiger partial charge >= 0.3 is 0 Å². The molecule has 1 aromatic carbocycles. The van der Waals surface area contributed by atoms with Crippen LogP contribution in [0, 0.1) is 15.9 Å². The summed E-state index contributed by atoms with van der Waals surface area (Å²) >= 11 is 0. The maximum atomic E-state index is 13.4. The van der Waals surface area contributed by atoms with Crippen LogP contribution in [0.4, 0.5) is 10.1 Å². The Kier molecular flexibility index (Phi) is 4.99. The van der Waals surface area contributed by atoms with E-state index in [1.54, 1.807) is 0 Å². The second-order valence-corrected chi connectivity index (χ2v) is 4.53. The van der Waals surface area contributed by atoms with E-state index in [0.717, 1.165) is 25.6 Å². The van der Waals surface area contributed by atoms with Crippen LogP contribution < -0.4 is 5.32 Å². The number of oxazole rings is 1. The van der Waals surface area contributed by atoms with E-state index >= 15 is 0 Å². The van der Waals surface area contributed by atoms with Gasteiger partial charge in [0.1, 0.15) is 5.82 Å². The summed E-state index contributed by atoms with van der Waals surface area (Å²) in [4.78, 5) is 14.2. The molecule has 0 atom stereocenters. The van der Waals surface area contributed by atoms with Crippen LogP contribution in [0.3, 0.4) is 0 Å². The zero-order valence-corrected chi connectivity index (χ0v) is 11.6. The number of nitro benzene ring substituents is 1. The number of rotatable bonds is 7. The Bertz CT molecular complexity index is 628. The number of halogens is 1. The lowest BCUT2D eigenvalue weighted by atomic mass is 10.1. The fourth-order valence-corrected chi connectivity index (χ4v) is 1.92. The average Bonchev–Trinajstić information content (AvgIpc) is 2.92. The largest absolute Gasteiger partial charge is 0.441 e. The predicted molar refractivity (Wildman–Crippen MR) is 75.4 cm³/mol. The number of non-ortho nitro benzene ring substituents is 1. The van der Waals surface area contributed by atoms with Gasteiger partial charge in [-0.05, 0) is 25.6 Å². The Hall–Kier alpha value is -2.28. The van der Waals surface area contributed by atoms with Crippen molar-refractivity contribution < 1.29 is 13.7 Å². The van der Waals surface area contributed by atoms with Crippen molar-refractivity contribution in [1.82, 2.24) is 10.3 Å². The maximum absolute atomic E-state index is 13.4. The lowest BCUT2D eigenvalue weighted by Gasteiger charge is -1.99. The summed E-state index contributed by atoms with van der Waals surface area (Å²) in [5.41, 5.74) is 0.00206. The Morgan fingerprint density at radius 2 is 2.24 bits per heavy atom. The van der Waals surface area contributed by atoms with Crippen LogP contribution in [-0.4, -0.2) is 23.0 Å². The van der Waals surface area contributed by atoms with E-state index in [4.69, 9.17) is 4.42 Å². The highest BCUT2D eigenvalue weighted by atomic mass is 19.1. The smallest absolute Gasteiger partial charge is 0.273 e.